The van der Waals surface area contributed by atoms with Gasteiger partial charge in [-0.1, -0.05) is 140 Å². The molecule has 0 atom stereocenters. The fourth-order valence-electron chi connectivity index (χ4n) is 8.78. The molecule has 266 valence electrons. The Balaban J connectivity index is 1.10. The maximum absolute atomic E-state index is 7.12. The van der Waals surface area contributed by atoms with Crippen LogP contribution < -0.4 is 0 Å². The van der Waals surface area contributed by atoms with E-state index in [0.717, 1.165) is 111 Å². The molecule has 0 radical (unpaired) electrons. The van der Waals surface area contributed by atoms with Gasteiger partial charge in [0.15, 0.2) is 0 Å². The second-order valence-corrected chi connectivity index (χ2v) is 14.7. The Bertz CT molecular complexity index is 3500. The van der Waals surface area contributed by atoms with E-state index in [1.807, 2.05) is 18.2 Å². The Morgan fingerprint density at radius 3 is 1.77 bits per heavy atom. The average Bonchev–Trinajstić information content (AvgIpc) is 3.96. The van der Waals surface area contributed by atoms with Crippen molar-refractivity contribution in [2.45, 2.75) is 0 Å². The Morgan fingerprint density at radius 2 is 0.947 bits per heavy atom. The third kappa shape index (κ3) is 4.91. The number of fused-ring (bicyclic) bond motifs is 10. The van der Waals surface area contributed by atoms with Gasteiger partial charge in [0.05, 0.1) is 27.8 Å². The lowest BCUT2D eigenvalue weighted by molar-refractivity contribution is 0.670. The zero-order chi connectivity index (χ0) is 37.5. The number of aromatic nitrogens is 2. The van der Waals surface area contributed by atoms with E-state index in [-0.39, 0.29) is 0 Å². The number of hydrogen-bond acceptors (Lipinski definition) is 3. The summed E-state index contributed by atoms with van der Waals surface area (Å²) >= 11 is 0. The van der Waals surface area contributed by atoms with Crippen LogP contribution >= 0.6 is 0 Å². The van der Waals surface area contributed by atoms with Crippen molar-refractivity contribution in [2.75, 3.05) is 0 Å². The molecule has 0 amide bonds. The van der Waals surface area contributed by atoms with Crippen LogP contribution in [0.2, 0.25) is 0 Å². The van der Waals surface area contributed by atoms with E-state index in [4.69, 9.17) is 13.8 Å². The molecule has 4 nitrogen and oxygen atoms in total. The van der Waals surface area contributed by atoms with Gasteiger partial charge in [0.2, 0.25) is 0 Å². The van der Waals surface area contributed by atoms with Crippen molar-refractivity contribution in [3.05, 3.63) is 194 Å². The number of rotatable bonds is 5. The molecule has 0 aliphatic heterocycles. The van der Waals surface area contributed by atoms with E-state index in [2.05, 4.69) is 180 Å². The van der Waals surface area contributed by atoms with Gasteiger partial charge < -0.3 is 13.4 Å². The lowest BCUT2D eigenvalue weighted by Crippen LogP contribution is -1.92. The molecule has 0 bridgehead atoms. The van der Waals surface area contributed by atoms with Gasteiger partial charge in [-0.25, -0.2) is 4.98 Å². The van der Waals surface area contributed by atoms with E-state index in [1.54, 1.807) is 0 Å². The van der Waals surface area contributed by atoms with E-state index in [9.17, 15) is 0 Å². The standard InChI is InChI=1S/C53H32N2O2/c1-3-13-33(14-4-1)34-25-27-35(28-26-34)45-31-36(32-46(54-45)43-22-12-20-40-39-17-8-10-24-49(39)56-52(40)43)38-19-11-21-41-42-29-30-48-50(53(42)57-51(38)41)44-18-7-9-23-47(44)55(48)37-15-5-2-6-16-37/h1-32H. The van der Waals surface area contributed by atoms with Crippen LogP contribution in [0.1, 0.15) is 0 Å². The molecule has 0 saturated carbocycles. The molecule has 4 aromatic heterocycles. The third-order valence-corrected chi connectivity index (χ3v) is 11.4. The van der Waals surface area contributed by atoms with Crippen LogP contribution in [-0.4, -0.2) is 9.55 Å². The predicted octanol–water partition coefficient (Wildman–Crippen LogP) is 14.6. The van der Waals surface area contributed by atoms with Crippen LogP contribution in [0.4, 0.5) is 0 Å². The molecule has 4 heteroatoms. The fourth-order valence-corrected chi connectivity index (χ4v) is 8.78. The fraction of sp³-hybridized carbons (Fsp3) is 0. The summed E-state index contributed by atoms with van der Waals surface area (Å²) in [5.41, 5.74) is 14.8. The second-order valence-electron chi connectivity index (χ2n) is 14.7. The summed E-state index contributed by atoms with van der Waals surface area (Å²) in [6.45, 7) is 0. The van der Waals surface area contributed by atoms with Gasteiger partial charge in [0.25, 0.3) is 0 Å². The smallest absolute Gasteiger partial charge is 0.145 e. The number of nitrogens with zero attached hydrogens (tertiary/aromatic N) is 2. The van der Waals surface area contributed by atoms with Gasteiger partial charge in [0.1, 0.15) is 22.3 Å². The monoisotopic (exact) mass is 728 g/mol. The van der Waals surface area contributed by atoms with Crippen LogP contribution in [-0.2, 0) is 0 Å². The molecule has 0 aliphatic carbocycles. The second kappa shape index (κ2) is 12.4. The Labute approximate surface area is 327 Å². The van der Waals surface area contributed by atoms with Gasteiger partial charge in [-0.2, -0.15) is 0 Å². The normalized spacial score (nSPS) is 11.9. The van der Waals surface area contributed by atoms with E-state index in [1.165, 1.54) is 5.56 Å². The molecular weight excluding hydrogens is 697 g/mol. The minimum absolute atomic E-state index is 0.827. The van der Waals surface area contributed by atoms with Gasteiger partial charge in [0, 0.05) is 49.3 Å². The maximum Gasteiger partial charge on any atom is 0.145 e. The summed E-state index contributed by atoms with van der Waals surface area (Å²) < 4.78 is 16.0. The molecule has 0 unspecified atom stereocenters. The maximum atomic E-state index is 7.12. The van der Waals surface area contributed by atoms with Crippen LogP contribution in [0.5, 0.6) is 0 Å². The molecule has 12 aromatic rings. The van der Waals surface area contributed by atoms with Crippen molar-refractivity contribution in [2.24, 2.45) is 0 Å². The van der Waals surface area contributed by atoms with E-state index >= 15 is 0 Å². The molecule has 0 aliphatic rings. The summed E-state index contributed by atoms with van der Waals surface area (Å²) in [4.78, 5) is 5.36. The first-order chi connectivity index (χ1) is 28.3. The van der Waals surface area contributed by atoms with Crippen molar-refractivity contribution in [1.82, 2.24) is 9.55 Å². The number of para-hydroxylation sites is 5. The first-order valence-electron chi connectivity index (χ1n) is 19.3. The highest BCUT2D eigenvalue weighted by Crippen LogP contribution is 2.44. The summed E-state index contributed by atoms with van der Waals surface area (Å²) in [7, 11) is 0. The topological polar surface area (TPSA) is 44.1 Å². The molecular formula is C53H32N2O2. The Morgan fingerprint density at radius 1 is 0.351 bits per heavy atom. The molecule has 8 aromatic carbocycles. The molecule has 0 saturated heterocycles. The summed E-state index contributed by atoms with van der Waals surface area (Å²) in [5, 5.41) is 6.60. The van der Waals surface area contributed by atoms with Gasteiger partial charge in [-0.15, -0.1) is 0 Å². The summed E-state index contributed by atoms with van der Waals surface area (Å²) in [5.74, 6) is 0. The highest BCUT2D eigenvalue weighted by Gasteiger charge is 2.21. The SMILES string of the molecule is c1ccc(-c2ccc(-c3cc(-c4cccc5c4oc4c5ccc5c4c4ccccc4n5-c4ccccc4)cc(-c4cccc5c4oc4ccccc45)n3)cc2)cc1. The minimum Gasteiger partial charge on any atom is -0.455 e. The molecule has 12 rings (SSSR count). The zero-order valence-electron chi connectivity index (χ0n) is 30.7. The highest BCUT2D eigenvalue weighted by molar-refractivity contribution is 6.24. The average molecular weight is 729 g/mol. The van der Waals surface area contributed by atoms with Crippen molar-refractivity contribution >= 4 is 65.7 Å². The summed E-state index contributed by atoms with van der Waals surface area (Å²) in [6, 6.07) is 68.2. The summed E-state index contributed by atoms with van der Waals surface area (Å²) in [6.07, 6.45) is 0. The van der Waals surface area contributed by atoms with Crippen LogP contribution in [0.25, 0.3) is 116 Å². The van der Waals surface area contributed by atoms with Crippen LogP contribution in [0.15, 0.2) is 203 Å². The van der Waals surface area contributed by atoms with Crippen LogP contribution in [0.3, 0.4) is 0 Å². The molecule has 4 heterocycles. The van der Waals surface area contributed by atoms with Crippen molar-refractivity contribution < 1.29 is 8.83 Å². The van der Waals surface area contributed by atoms with Gasteiger partial charge in [-0.3, -0.25) is 0 Å². The van der Waals surface area contributed by atoms with Gasteiger partial charge >= 0.3 is 0 Å². The first-order valence-corrected chi connectivity index (χ1v) is 19.3. The highest BCUT2D eigenvalue weighted by atomic mass is 16.3. The molecule has 0 fully saturated rings. The number of furan rings is 2. The molecule has 0 spiro atoms. The number of pyridine rings is 1. The number of benzene rings is 8. The van der Waals surface area contributed by atoms with Crippen LogP contribution in [0, 0.1) is 0 Å². The quantitative estimate of drug-likeness (QED) is 0.177. The lowest BCUT2D eigenvalue weighted by atomic mass is 9.97. The van der Waals surface area contributed by atoms with Crippen molar-refractivity contribution in [3.8, 4) is 50.5 Å². The third-order valence-electron chi connectivity index (χ3n) is 11.4. The molecule has 57 heavy (non-hydrogen) atoms. The largest absolute Gasteiger partial charge is 0.455 e. The van der Waals surface area contributed by atoms with Crippen molar-refractivity contribution in [1.29, 1.82) is 0 Å². The zero-order valence-corrected chi connectivity index (χ0v) is 30.7. The molecule has 0 N–H and O–H groups in total. The van der Waals surface area contributed by atoms with Gasteiger partial charge in [-0.05, 0) is 71.3 Å². The number of hydrogen-bond donors (Lipinski definition) is 0. The van der Waals surface area contributed by atoms with Crippen molar-refractivity contribution in [3.63, 3.8) is 0 Å². The van der Waals surface area contributed by atoms with E-state index < -0.39 is 0 Å². The van der Waals surface area contributed by atoms with E-state index in [0.29, 0.717) is 0 Å². The lowest BCUT2D eigenvalue weighted by Gasteiger charge is -2.12. The Hall–Kier alpha value is -7.69. The predicted molar refractivity (Wildman–Crippen MR) is 235 cm³/mol. The Kier molecular flexibility index (Phi) is 6.89. The first kappa shape index (κ1) is 31.6. The minimum atomic E-state index is 0.827.